The third-order valence-corrected chi connectivity index (χ3v) is 6.04. The molecule has 1 saturated carbocycles. The molecule has 0 spiro atoms. The van der Waals surface area contributed by atoms with Gasteiger partial charge in [0, 0.05) is 23.1 Å². The zero-order chi connectivity index (χ0) is 19.1. The highest BCUT2D eigenvalue weighted by Gasteiger charge is 2.27. The minimum absolute atomic E-state index is 0.214. The van der Waals surface area contributed by atoms with Crippen LogP contribution < -0.4 is 16.2 Å². The molecule has 144 valence electrons. The molecule has 0 saturated heterocycles. The van der Waals surface area contributed by atoms with Crippen LogP contribution in [0.2, 0.25) is 0 Å². The van der Waals surface area contributed by atoms with Crippen molar-refractivity contribution in [2.24, 2.45) is 11.8 Å². The third-order valence-electron chi connectivity index (χ3n) is 4.83. The van der Waals surface area contributed by atoms with Crippen LogP contribution in [-0.2, 0) is 4.79 Å². The number of amides is 1. The average Bonchev–Trinajstić information content (AvgIpc) is 2.60. The van der Waals surface area contributed by atoms with Crippen LogP contribution in [0.4, 0.5) is 8.78 Å². The number of rotatable bonds is 5. The van der Waals surface area contributed by atoms with E-state index in [9.17, 15) is 13.6 Å². The number of hydrogen-bond donors (Lipinski definition) is 3. The van der Waals surface area contributed by atoms with Crippen LogP contribution in [0.15, 0.2) is 23.1 Å². The number of halogens is 2. The summed E-state index contributed by atoms with van der Waals surface area (Å²) in [4.78, 5) is 12.4. The molecule has 8 heteroatoms. The summed E-state index contributed by atoms with van der Waals surface area (Å²) < 4.78 is 26.0. The molecule has 0 aliphatic heterocycles. The first kappa shape index (κ1) is 20.9. The molecule has 1 aliphatic rings. The van der Waals surface area contributed by atoms with Crippen molar-refractivity contribution >= 4 is 35.0 Å². The van der Waals surface area contributed by atoms with E-state index in [1.807, 2.05) is 0 Å². The van der Waals surface area contributed by atoms with E-state index in [0.717, 1.165) is 18.6 Å². The lowest BCUT2D eigenvalue weighted by atomic mass is 9.78. The van der Waals surface area contributed by atoms with Crippen LogP contribution in [0.3, 0.4) is 0 Å². The minimum Gasteiger partial charge on any atom is -0.358 e. The molecule has 2 rings (SSSR count). The number of hydrazine groups is 1. The van der Waals surface area contributed by atoms with Crippen molar-refractivity contribution in [2.45, 2.75) is 50.5 Å². The maximum Gasteiger partial charge on any atom is 0.239 e. The topological polar surface area (TPSA) is 53.2 Å². The van der Waals surface area contributed by atoms with Crippen molar-refractivity contribution in [2.75, 3.05) is 5.75 Å². The van der Waals surface area contributed by atoms with Gasteiger partial charge in [-0.15, -0.1) is 11.8 Å². The van der Waals surface area contributed by atoms with Gasteiger partial charge in [-0.2, -0.15) is 0 Å². The fourth-order valence-electron chi connectivity index (χ4n) is 3.01. The molecule has 1 amide bonds. The van der Waals surface area contributed by atoms with Gasteiger partial charge in [0.05, 0.1) is 0 Å². The molecule has 0 heterocycles. The minimum atomic E-state index is -0.885. The Morgan fingerprint density at radius 1 is 1.23 bits per heavy atom. The van der Waals surface area contributed by atoms with E-state index in [2.05, 4.69) is 30.0 Å². The first-order valence-corrected chi connectivity index (χ1v) is 10.2. The SMILES string of the molecule is C[C@@H]1[C@H](C)CCC[C@H]1NC(=S)NNC(=O)CCSc1ccc(F)c(F)c1. The number of carbonyl (C=O) groups is 1. The molecule has 1 aromatic carbocycles. The molecule has 3 N–H and O–H groups in total. The Labute approximate surface area is 162 Å². The van der Waals surface area contributed by atoms with Gasteiger partial charge in [0.25, 0.3) is 0 Å². The molecular formula is C18H25F2N3OS2. The summed E-state index contributed by atoms with van der Waals surface area (Å²) in [5.74, 6) is -0.327. The maximum absolute atomic E-state index is 13.1. The lowest BCUT2D eigenvalue weighted by Gasteiger charge is -2.35. The second-order valence-corrected chi connectivity index (χ2v) is 8.27. The van der Waals surface area contributed by atoms with Gasteiger partial charge in [-0.25, -0.2) is 8.78 Å². The van der Waals surface area contributed by atoms with Crippen LogP contribution in [0.1, 0.15) is 39.5 Å². The first-order chi connectivity index (χ1) is 12.4. The van der Waals surface area contributed by atoms with E-state index in [0.29, 0.717) is 33.6 Å². The van der Waals surface area contributed by atoms with Crippen molar-refractivity contribution in [3.8, 4) is 0 Å². The summed E-state index contributed by atoms with van der Waals surface area (Å²) in [6, 6.07) is 4.02. The Hall–Kier alpha value is -1.41. The van der Waals surface area contributed by atoms with Gasteiger partial charge in [-0.3, -0.25) is 15.6 Å². The highest BCUT2D eigenvalue weighted by Crippen LogP contribution is 2.29. The van der Waals surface area contributed by atoms with Gasteiger partial charge in [-0.1, -0.05) is 26.7 Å². The summed E-state index contributed by atoms with van der Waals surface area (Å²) in [5.41, 5.74) is 5.30. The quantitative estimate of drug-likeness (QED) is 0.398. The molecule has 0 radical (unpaired) electrons. The molecule has 1 aliphatic carbocycles. The van der Waals surface area contributed by atoms with E-state index in [4.69, 9.17) is 12.2 Å². The van der Waals surface area contributed by atoms with Gasteiger partial charge in [0.15, 0.2) is 16.7 Å². The Balaban J connectivity index is 1.64. The van der Waals surface area contributed by atoms with Gasteiger partial charge in [-0.05, 0) is 48.7 Å². The normalized spacial score (nSPS) is 22.5. The number of benzene rings is 1. The van der Waals surface area contributed by atoms with Gasteiger partial charge in [0.1, 0.15) is 0 Å². The van der Waals surface area contributed by atoms with Gasteiger partial charge in [0.2, 0.25) is 5.91 Å². The monoisotopic (exact) mass is 401 g/mol. The molecule has 0 bridgehead atoms. The Kier molecular flexibility index (Phi) is 8.09. The molecule has 26 heavy (non-hydrogen) atoms. The Morgan fingerprint density at radius 3 is 2.73 bits per heavy atom. The standard InChI is InChI=1S/C18H25F2N3OS2/c1-11-4-3-5-16(12(11)2)21-18(25)23-22-17(24)8-9-26-13-6-7-14(19)15(20)10-13/h6-7,10-12,16H,3-5,8-9H2,1-2H3,(H,22,24)(H2,21,23,25)/t11-,12-,16-/m1/s1. The first-order valence-electron chi connectivity index (χ1n) is 8.80. The van der Waals surface area contributed by atoms with Crippen molar-refractivity contribution in [1.82, 2.24) is 16.2 Å². The van der Waals surface area contributed by atoms with Crippen molar-refractivity contribution in [3.63, 3.8) is 0 Å². The van der Waals surface area contributed by atoms with E-state index in [-0.39, 0.29) is 12.3 Å². The molecule has 3 atom stereocenters. The van der Waals surface area contributed by atoms with E-state index in [1.165, 1.54) is 30.7 Å². The molecule has 0 aromatic heterocycles. The number of nitrogens with one attached hydrogen (secondary N) is 3. The second-order valence-electron chi connectivity index (χ2n) is 6.69. The Morgan fingerprint density at radius 2 is 2.00 bits per heavy atom. The Bertz CT molecular complexity index is 645. The largest absolute Gasteiger partial charge is 0.358 e. The smallest absolute Gasteiger partial charge is 0.239 e. The van der Waals surface area contributed by atoms with Crippen LogP contribution in [0, 0.1) is 23.5 Å². The summed E-state index contributed by atoms with van der Waals surface area (Å²) in [6.07, 6.45) is 3.73. The zero-order valence-corrected chi connectivity index (χ0v) is 16.6. The number of carbonyl (C=O) groups excluding carboxylic acids is 1. The number of thioether (sulfide) groups is 1. The molecule has 1 fully saturated rings. The number of hydrogen-bond acceptors (Lipinski definition) is 3. The predicted molar refractivity (Wildman–Crippen MR) is 105 cm³/mol. The average molecular weight is 402 g/mol. The van der Waals surface area contributed by atoms with E-state index >= 15 is 0 Å². The molecule has 0 unspecified atom stereocenters. The van der Waals surface area contributed by atoms with E-state index < -0.39 is 11.6 Å². The fourth-order valence-corrected chi connectivity index (χ4v) is 4.08. The highest BCUT2D eigenvalue weighted by atomic mass is 32.2. The van der Waals surface area contributed by atoms with Crippen LogP contribution in [0.5, 0.6) is 0 Å². The highest BCUT2D eigenvalue weighted by molar-refractivity contribution is 7.99. The molecule has 1 aromatic rings. The van der Waals surface area contributed by atoms with Crippen molar-refractivity contribution in [1.29, 1.82) is 0 Å². The number of thiocarbonyl (C=S) groups is 1. The van der Waals surface area contributed by atoms with Crippen LogP contribution >= 0.6 is 24.0 Å². The molecule has 4 nitrogen and oxygen atoms in total. The maximum atomic E-state index is 13.1. The van der Waals surface area contributed by atoms with Crippen molar-refractivity contribution in [3.05, 3.63) is 29.8 Å². The fraction of sp³-hybridized carbons (Fsp3) is 0.556. The van der Waals surface area contributed by atoms with E-state index in [1.54, 1.807) is 0 Å². The van der Waals surface area contributed by atoms with Crippen LogP contribution in [0.25, 0.3) is 0 Å². The van der Waals surface area contributed by atoms with Crippen LogP contribution in [-0.4, -0.2) is 22.8 Å². The van der Waals surface area contributed by atoms with Gasteiger partial charge < -0.3 is 5.32 Å². The predicted octanol–water partition coefficient (Wildman–Crippen LogP) is 3.77. The molecular weight excluding hydrogens is 376 g/mol. The summed E-state index contributed by atoms with van der Waals surface area (Å²) in [5, 5.41) is 3.69. The zero-order valence-electron chi connectivity index (χ0n) is 15.0. The third kappa shape index (κ3) is 6.39. The lowest BCUT2D eigenvalue weighted by Crippen LogP contribution is -2.52. The summed E-state index contributed by atoms with van der Waals surface area (Å²) in [6.45, 7) is 4.47. The summed E-state index contributed by atoms with van der Waals surface area (Å²) in [7, 11) is 0. The van der Waals surface area contributed by atoms with Crippen molar-refractivity contribution < 1.29 is 13.6 Å². The van der Waals surface area contributed by atoms with Gasteiger partial charge >= 0.3 is 0 Å². The summed E-state index contributed by atoms with van der Waals surface area (Å²) >= 11 is 6.53. The lowest BCUT2D eigenvalue weighted by molar-refractivity contribution is -0.121. The second kappa shape index (κ2) is 10.1.